The number of primary sulfonamides is 1. The molecule has 1 aromatic carbocycles. The van der Waals surface area contributed by atoms with E-state index in [1.54, 1.807) is 0 Å². The Balaban J connectivity index is 3.15. The lowest BCUT2D eigenvalue weighted by Crippen LogP contribution is -2.25. The molecule has 0 saturated heterocycles. The summed E-state index contributed by atoms with van der Waals surface area (Å²) in [6, 6.07) is 3.47. The standard InChI is InChI=1S/C12H15NO7S/c1-7(11(14)19-3)20-12(15)9-6-8(21(13,16)17)4-5-10(9)18-2/h4-7H,1-3H3,(H2,13,16,17). The molecule has 1 unspecified atom stereocenters. The molecular weight excluding hydrogens is 302 g/mol. The summed E-state index contributed by atoms with van der Waals surface area (Å²) in [6.07, 6.45) is -1.15. The normalized spacial score (nSPS) is 12.4. The predicted octanol–water partition coefficient (Wildman–Crippen LogP) is 0.0609. The smallest absolute Gasteiger partial charge is 0.346 e. The number of hydrogen-bond donors (Lipinski definition) is 1. The molecule has 0 radical (unpaired) electrons. The second kappa shape index (κ2) is 6.55. The van der Waals surface area contributed by atoms with Crippen molar-refractivity contribution in [2.45, 2.75) is 17.9 Å². The highest BCUT2D eigenvalue weighted by Gasteiger charge is 2.23. The summed E-state index contributed by atoms with van der Waals surface area (Å²) in [7, 11) is -1.54. The third kappa shape index (κ3) is 4.17. The second-order valence-corrected chi connectivity index (χ2v) is 5.54. The molecule has 21 heavy (non-hydrogen) atoms. The van der Waals surface area contributed by atoms with Crippen LogP contribution in [0, 0.1) is 0 Å². The SMILES string of the molecule is COC(=O)C(C)OC(=O)c1cc(S(N)(=O)=O)ccc1OC. The first-order valence-corrected chi connectivity index (χ1v) is 7.25. The van der Waals surface area contributed by atoms with Gasteiger partial charge in [0.25, 0.3) is 0 Å². The summed E-state index contributed by atoms with van der Waals surface area (Å²) >= 11 is 0. The molecule has 0 aliphatic heterocycles. The van der Waals surface area contributed by atoms with Crippen molar-refractivity contribution in [3.63, 3.8) is 0 Å². The van der Waals surface area contributed by atoms with Crippen LogP contribution in [0.1, 0.15) is 17.3 Å². The maximum Gasteiger partial charge on any atom is 0.346 e. The minimum Gasteiger partial charge on any atom is -0.496 e. The zero-order valence-corrected chi connectivity index (χ0v) is 12.5. The third-order valence-electron chi connectivity index (χ3n) is 2.54. The summed E-state index contributed by atoms with van der Waals surface area (Å²) < 4.78 is 36.8. The fourth-order valence-electron chi connectivity index (χ4n) is 1.46. The zero-order chi connectivity index (χ0) is 16.2. The van der Waals surface area contributed by atoms with Gasteiger partial charge in [-0.15, -0.1) is 0 Å². The number of rotatable bonds is 5. The largest absolute Gasteiger partial charge is 0.496 e. The summed E-state index contributed by atoms with van der Waals surface area (Å²) in [4.78, 5) is 22.9. The molecule has 1 aromatic rings. The number of carbonyl (C=O) groups is 2. The molecule has 0 fully saturated rings. The molecule has 1 atom stereocenters. The van der Waals surface area contributed by atoms with Gasteiger partial charge in [-0.3, -0.25) is 0 Å². The van der Waals surface area contributed by atoms with Gasteiger partial charge in [0.1, 0.15) is 11.3 Å². The molecule has 0 bridgehead atoms. The Labute approximate surface area is 121 Å². The predicted molar refractivity (Wildman–Crippen MR) is 71.3 cm³/mol. The van der Waals surface area contributed by atoms with Crippen molar-refractivity contribution in [3.8, 4) is 5.75 Å². The van der Waals surface area contributed by atoms with Crippen LogP contribution in [0.25, 0.3) is 0 Å². The van der Waals surface area contributed by atoms with E-state index < -0.39 is 28.1 Å². The van der Waals surface area contributed by atoms with E-state index in [9.17, 15) is 18.0 Å². The highest BCUT2D eigenvalue weighted by atomic mass is 32.2. The Morgan fingerprint density at radius 2 is 1.86 bits per heavy atom. The summed E-state index contributed by atoms with van der Waals surface area (Å²) in [5.74, 6) is -1.59. The minimum absolute atomic E-state index is 0.0875. The number of carbonyl (C=O) groups excluding carboxylic acids is 2. The summed E-state index contributed by atoms with van der Waals surface area (Å²) in [5, 5.41) is 4.99. The zero-order valence-electron chi connectivity index (χ0n) is 11.7. The van der Waals surface area contributed by atoms with E-state index in [0.29, 0.717) is 0 Å². The van der Waals surface area contributed by atoms with Crippen LogP contribution < -0.4 is 9.88 Å². The lowest BCUT2D eigenvalue weighted by Gasteiger charge is -2.13. The third-order valence-corrected chi connectivity index (χ3v) is 3.45. The molecule has 116 valence electrons. The Morgan fingerprint density at radius 3 is 2.33 bits per heavy atom. The van der Waals surface area contributed by atoms with Gasteiger partial charge in [-0.25, -0.2) is 23.1 Å². The van der Waals surface area contributed by atoms with Gasteiger partial charge in [0, 0.05) is 0 Å². The Morgan fingerprint density at radius 1 is 1.24 bits per heavy atom. The Hall–Kier alpha value is -2.13. The summed E-state index contributed by atoms with van der Waals surface area (Å²) in [5.41, 5.74) is -0.167. The van der Waals surface area contributed by atoms with Crippen LogP contribution in [0.2, 0.25) is 0 Å². The molecule has 1 rings (SSSR count). The monoisotopic (exact) mass is 317 g/mol. The van der Waals surface area contributed by atoms with Crippen molar-refractivity contribution in [2.75, 3.05) is 14.2 Å². The molecule has 9 heteroatoms. The van der Waals surface area contributed by atoms with E-state index in [1.807, 2.05) is 0 Å². The van der Waals surface area contributed by atoms with Crippen LogP contribution in [-0.4, -0.2) is 40.7 Å². The first kappa shape index (κ1) is 16.9. The fraction of sp³-hybridized carbons (Fsp3) is 0.333. The highest BCUT2D eigenvalue weighted by molar-refractivity contribution is 7.89. The van der Waals surface area contributed by atoms with Crippen LogP contribution in [0.5, 0.6) is 5.75 Å². The Bertz CT molecular complexity index is 654. The lowest BCUT2D eigenvalue weighted by molar-refractivity contribution is -0.149. The first-order chi connectivity index (χ1) is 9.70. The fourth-order valence-corrected chi connectivity index (χ4v) is 2.00. The second-order valence-electron chi connectivity index (χ2n) is 3.98. The maximum absolute atomic E-state index is 12.0. The van der Waals surface area contributed by atoms with Crippen molar-refractivity contribution in [1.29, 1.82) is 0 Å². The molecule has 0 aromatic heterocycles. The average molecular weight is 317 g/mol. The van der Waals surface area contributed by atoms with Gasteiger partial charge in [-0.05, 0) is 25.1 Å². The van der Waals surface area contributed by atoms with Crippen molar-refractivity contribution < 1.29 is 32.2 Å². The van der Waals surface area contributed by atoms with Gasteiger partial charge in [-0.2, -0.15) is 0 Å². The van der Waals surface area contributed by atoms with Gasteiger partial charge >= 0.3 is 11.9 Å². The van der Waals surface area contributed by atoms with Crippen molar-refractivity contribution in [2.24, 2.45) is 5.14 Å². The van der Waals surface area contributed by atoms with Crippen molar-refractivity contribution >= 4 is 22.0 Å². The number of esters is 2. The van der Waals surface area contributed by atoms with Crippen molar-refractivity contribution in [1.82, 2.24) is 0 Å². The van der Waals surface area contributed by atoms with Crippen LogP contribution in [-0.2, 0) is 24.3 Å². The molecule has 2 N–H and O–H groups in total. The van der Waals surface area contributed by atoms with Crippen LogP contribution in [0.15, 0.2) is 23.1 Å². The summed E-state index contributed by atoms with van der Waals surface area (Å²) in [6.45, 7) is 1.32. The first-order valence-electron chi connectivity index (χ1n) is 5.70. The average Bonchev–Trinajstić information content (AvgIpc) is 2.44. The number of sulfonamides is 1. The van der Waals surface area contributed by atoms with Gasteiger partial charge in [0.05, 0.1) is 19.1 Å². The van der Waals surface area contributed by atoms with Gasteiger partial charge in [0.15, 0.2) is 6.10 Å². The molecule has 0 spiro atoms. The van der Waals surface area contributed by atoms with Crippen molar-refractivity contribution in [3.05, 3.63) is 23.8 Å². The lowest BCUT2D eigenvalue weighted by atomic mass is 10.2. The molecule has 0 aliphatic carbocycles. The Kier molecular flexibility index (Phi) is 5.28. The molecule has 0 saturated carbocycles. The van der Waals surface area contributed by atoms with E-state index in [1.165, 1.54) is 26.2 Å². The molecule has 0 aliphatic rings. The van der Waals surface area contributed by atoms with E-state index in [2.05, 4.69) is 4.74 Å². The van der Waals surface area contributed by atoms with Crippen LogP contribution in [0.4, 0.5) is 0 Å². The quantitative estimate of drug-likeness (QED) is 0.762. The van der Waals surface area contributed by atoms with E-state index in [-0.39, 0.29) is 16.2 Å². The number of methoxy groups -OCH3 is 2. The topological polar surface area (TPSA) is 122 Å². The molecular formula is C12H15NO7S. The van der Waals surface area contributed by atoms with Gasteiger partial charge in [0.2, 0.25) is 10.0 Å². The van der Waals surface area contributed by atoms with E-state index in [0.717, 1.165) is 13.2 Å². The molecule has 0 amide bonds. The number of ether oxygens (including phenoxy) is 3. The van der Waals surface area contributed by atoms with E-state index in [4.69, 9.17) is 14.6 Å². The number of nitrogens with two attached hydrogens (primary N) is 1. The van der Waals surface area contributed by atoms with E-state index >= 15 is 0 Å². The number of hydrogen-bond acceptors (Lipinski definition) is 7. The molecule has 8 nitrogen and oxygen atoms in total. The van der Waals surface area contributed by atoms with Crippen LogP contribution in [0.3, 0.4) is 0 Å². The minimum atomic E-state index is -3.99. The number of benzene rings is 1. The highest BCUT2D eigenvalue weighted by Crippen LogP contribution is 2.23. The van der Waals surface area contributed by atoms with Gasteiger partial charge in [-0.1, -0.05) is 0 Å². The van der Waals surface area contributed by atoms with Crippen LogP contribution >= 0.6 is 0 Å². The van der Waals surface area contributed by atoms with Gasteiger partial charge < -0.3 is 14.2 Å². The molecule has 0 heterocycles. The maximum atomic E-state index is 12.0.